The molecule has 0 radical (unpaired) electrons. The van der Waals surface area contributed by atoms with Gasteiger partial charge in [0.1, 0.15) is 10.8 Å². The number of nitrogens with one attached hydrogen (secondary N) is 1. The van der Waals surface area contributed by atoms with Gasteiger partial charge in [-0.15, -0.1) is 10.2 Å². The van der Waals surface area contributed by atoms with Gasteiger partial charge in [-0.2, -0.15) is 5.10 Å². The van der Waals surface area contributed by atoms with Crippen molar-refractivity contribution in [2.75, 3.05) is 23.3 Å². The highest BCUT2D eigenvalue weighted by Crippen LogP contribution is 2.27. The van der Waals surface area contributed by atoms with Crippen LogP contribution < -0.4 is 10.2 Å². The molecule has 3 aromatic rings. The smallest absolute Gasteiger partial charge is 0.227 e. The van der Waals surface area contributed by atoms with E-state index in [1.807, 2.05) is 13.1 Å². The lowest BCUT2D eigenvalue weighted by Gasteiger charge is -2.30. The largest absolute Gasteiger partial charge is 0.347 e. The molecular weight excluding hydrogens is 391 g/mol. The Bertz CT molecular complexity index is 962. The summed E-state index contributed by atoms with van der Waals surface area (Å²) in [6.45, 7) is 4.33. The van der Waals surface area contributed by atoms with Crippen molar-refractivity contribution >= 4 is 28.1 Å². The summed E-state index contributed by atoms with van der Waals surface area (Å²) in [6, 6.07) is 6.45. The molecule has 1 aromatic carbocycles. The molecule has 1 fully saturated rings. The predicted molar refractivity (Wildman–Crippen MR) is 111 cm³/mol. The lowest BCUT2D eigenvalue weighted by atomic mass is 9.96. The maximum Gasteiger partial charge on any atom is 0.227 e. The van der Waals surface area contributed by atoms with Crippen molar-refractivity contribution in [3.8, 4) is 0 Å². The normalized spacial score (nSPS) is 14.9. The number of amides is 1. The highest BCUT2D eigenvalue weighted by Gasteiger charge is 2.27. The number of piperidine rings is 1. The van der Waals surface area contributed by atoms with Crippen molar-refractivity contribution in [3.63, 3.8) is 0 Å². The lowest BCUT2D eigenvalue weighted by Crippen LogP contribution is -2.38. The van der Waals surface area contributed by atoms with Crippen molar-refractivity contribution in [2.45, 2.75) is 32.7 Å². The van der Waals surface area contributed by atoms with Gasteiger partial charge in [0, 0.05) is 38.2 Å². The molecule has 2 aromatic heterocycles. The van der Waals surface area contributed by atoms with Gasteiger partial charge in [-0.3, -0.25) is 9.48 Å². The molecule has 1 aliphatic heterocycles. The van der Waals surface area contributed by atoms with E-state index in [9.17, 15) is 9.18 Å². The van der Waals surface area contributed by atoms with Crippen molar-refractivity contribution < 1.29 is 9.18 Å². The van der Waals surface area contributed by atoms with E-state index in [4.69, 9.17) is 0 Å². The van der Waals surface area contributed by atoms with E-state index >= 15 is 0 Å². The Hall–Kier alpha value is -2.81. The number of carbonyl (C=O) groups is 1. The third-order valence-corrected chi connectivity index (χ3v) is 6.07. The van der Waals surface area contributed by atoms with Crippen LogP contribution in [0.2, 0.25) is 0 Å². The van der Waals surface area contributed by atoms with E-state index in [0.717, 1.165) is 53.9 Å². The standard InChI is InChI=1S/C20H23FN6OS/c1-2-27-13-17(12-22-27)23-19(28)15-7-9-26(10-8-15)20-25-24-18(29-20)11-14-3-5-16(21)6-4-14/h3-6,12-13,15H,2,7-11H2,1H3,(H,23,28). The maximum atomic E-state index is 13.0. The summed E-state index contributed by atoms with van der Waals surface area (Å²) in [4.78, 5) is 14.7. The molecule has 7 nitrogen and oxygen atoms in total. The van der Waals surface area contributed by atoms with Crippen LogP contribution in [0.4, 0.5) is 15.2 Å². The molecule has 0 saturated carbocycles. The fourth-order valence-electron chi connectivity index (χ4n) is 3.40. The molecule has 0 bridgehead atoms. The Balaban J connectivity index is 1.29. The Kier molecular flexibility index (Phi) is 5.84. The first-order valence-corrected chi connectivity index (χ1v) is 10.6. The van der Waals surface area contributed by atoms with Crippen LogP contribution in [0.5, 0.6) is 0 Å². The molecule has 4 rings (SSSR count). The molecule has 9 heteroatoms. The van der Waals surface area contributed by atoms with Crippen molar-refractivity contribution in [3.05, 3.63) is 53.0 Å². The van der Waals surface area contributed by atoms with E-state index in [0.29, 0.717) is 6.42 Å². The van der Waals surface area contributed by atoms with E-state index in [1.165, 1.54) is 12.1 Å². The molecule has 0 spiro atoms. The lowest BCUT2D eigenvalue weighted by molar-refractivity contribution is -0.120. The molecule has 152 valence electrons. The molecule has 1 N–H and O–H groups in total. The average molecular weight is 415 g/mol. The minimum absolute atomic E-state index is 0.0113. The number of halogens is 1. The number of carbonyl (C=O) groups excluding carboxylic acids is 1. The summed E-state index contributed by atoms with van der Waals surface area (Å²) >= 11 is 1.55. The van der Waals surface area contributed by atoms with Crippen LogP contribution in [0.15, 0.2) is 36.7 Å². The van der Waals surface area contributed by atoms with E-state index in [2.05, 4.69) is 25.5 Å². The average Bonchev–Trinajstić information content (AvgIpc) is 3.39. The van der Waals surface area contributed by atoms with Crippen LogP contribution in [-0.2, 0) is 17.8 Å². The van der Waals surface area contributed by atoms with Crippen LogP contribution >= 0.6 is 11.3 Å². The van der Waals surface area contributed by atoms with Crippen molar-refractivity contribution in [1.82, 2.24) is 20.0 Å². The van der Waals surface area contributed by atoms with Crippen LogP contribution in [0.25, 0.3) is 0 Å². The zero-order valence-electron chi connectivity index (χ0n) is 16.2. The Labute approximate surface area is 172 Å². The zero-order chi connectivity index (χ0) is 20.2. The first-order chi connectivity index (χ1) is 14.1. The number of hydrogen-bond acceptors (Lipinski definition) is 6. The monoisotopic (exact) mass is 414 g/mol. The van der Waals surface area contributed by atoms with E-state index < -0.39 is 0 Å². The number of benzene rings is 1. The number of nitrogens with zero attached hydrogens (tertiary/aromatic N) is 5. The second-order valence-electron chi connectivity index (χ2n) is 7.12. The Morgan fingerprint density at radius 3 is 2.69 bits per heavy atom. The van der Waals surface area contributed by atoms with Gasteiger partial charge in [0.2, 0.25) is 11.0 Å². The molecule has 3 heterocycles. The minimum atomic E-state index is -0.238. The first kappa shape index (κ1) is 19.5. The van der Waals surface area contributed by atoms with Crippen molar-refractivity contribution in [1.29, 1.82) is 0 Å². The van der Waals surface area contributed by atoms with Crippen LogP contribution in [0.3, 0.4) is 0 Å². The third kappa shape index (κ3) is 4.79. The number of hydrogen-bond donors (Lipinski definition) is 1. The Morgan fingerprint density at radius 2 is 2.00 bits per heavy atom. The molecule has 0 aliphatic carbocycles. The van der Waals surface area contributed by atoms with Crippen LogP contribution in [0, 0.1) is 11.7 Å². The van der Waals surface area contributed by atoms with Gasteiger partial charge in [0.15, 0.2) is 0 Å². The predicted octanol–water partition coefficient (Wildman–Crippen LogP) is 3.34. The topological polar surface area (TPSA) is 75.9 Å². The number of anilines is 2. The fraction of sp³-hybridized carbons (Fsp3) is 0.400. The van der Waals surface area contributed by atoms with Gasteiger partial charge in [0.25, 0.3) is 0 Å². The molecule has 29 heavy (non-hydrogen) atoms. The van der Waals surface area contributed by atoms with Crippen molar-refractivity contribution in [2.24, 2.45) is 5.92 Å². The molecule has 0 unspecified atom stereocenters. The molecular formula is C20H23FN6OS. The van der Waals surface area contributed by atoms with Gasteiger partial charge < -0.3 is 10.2 Å². The summed E-state index contributed by atoms with van der Waals surface area (Å²) in [5, 5.41) is 17.5. The van der Waals surface area contributed by atoms with Gasteiger partial charge in [0.05, 0.1) is 11.9 Å². The van der Waals surface area contributed by atoms with Gasteiger partial charge in [-0.25, -0.2) is 4.39 Å². The zero-order valence-corrected chi connectivity index (χ0v) is 17.0. The second kappa shape index (κ2) is 8.69. The van der Waals surface area contributed by atoms with Crippen LogP contribution in [0.1, 0.15) is 30.3 Å². The highest BCUT2D eigenvalue weighted by atomic mass is 32.1. The summed E-state index contributed by atoms with van der Waals surface area (Å²) in [7, 11) is 0. The second-order valence-corrected chi connectivity index (χ2v) is 8.16. The first-order valence-electron chi connectivity index (χ1n) is 9.76. The molecule has 0 atom stereocenters. The van der Waals surface area contributed by atoms with Gasteiger partial charge in [-0.1, -0.05) is 23.5 Å². The number of rotatable bonds is 6. The SMILES string of the molecule is CCn1cc(NC(=O)C2CCN(c3nnc(Cc4ccc(F)cc4)s3)CC2)cn1. The van der Waals surface area contributed by atoms with E-state index in [1.54, 1.807) is 34.3 Å². The number of aromatic nitrogens is 4. The summed E-state index contributed by atoms with van der Waals surface area (Å²) in [6.07, 6.45) is 5.72. The third-order valence-electron chi connectivity index (χ3n) is 5.09. The van der Waals surface area contributed by atoms with E-state index in [-0.39, 0.29) is 17.6 Å². The summed E-state index contributed by atoms with van der Waals surface area (Å²) in [5.41, 5.74) is 1.75. The maximum absolute atomic E-state index is 13.0. The minimum Gasteiger partial charge on any atom is -0.347 e. The molecule has 1 amide bonds. The quantitative estimate of drug-likeness (QED) is 0.670. The van der Waals surface area contributed by atoms with Gasteiger partial charge >= 0.3 is 0 Å². The summed E-state index contributed by atoms with van der Waals surface area (Å²) < 4.78 is 14.8. The van der Waals surface area contributed by atoms with Crippen LogP contribution in [-0.4, -0.2) is 39.0 Å². The Morgan fingerprint density at radius 1 is 1.24 bits per heavy atom. The highest BCUT2D eigenvalue weighted by molar-refractivity contribution is 7.15. The summed E-state index contributed by atoms with van der Waals surface area (Å²) in [5.74, 6) is -0.199. The molecule has 1 saturated heterocycles. The number of aryl methyl sites for hydroxylation is 1. The van der Waals surface area contributed by atoms with Gasteiger partial charge in [-0.05, 0) is 37.5 Å². The molecule has 1 aliphatic rings. The fourth-order valence-corrected chi connectivity index (χ4v) is 4.32.